The predicted octanol–water partition coefficient (Wildman–Crippen LogP) is 3.76. The summed E-state index contributed by atoms with van der Waals surface area (Å²) in [6, 6.07) is 13.5. The van der Waals surface area contributed by atoms with Crippen molar-refractivity contribution in [3.8, 4) is 5.75 Å². The summed E-state index contributed by atoms with van der Waals surface area (Å²) >= 11 is 0. The zero-order valence-corrected chi connectivity index (χ0v) is 15.0. The van der Waals surface area contributed by atoms with Gasteiger partial charge in [-0.3, -0.25) is 4.79 Å². The molecule has 0 spiro atoms. The van der Waals surface area contributed by atoms with Gasteiger partial charge in [-0.25, -0.2) is 4.79 Å². The molecule has 0 saturated heterocycles. The Morgan fingerprint density at radius 2 is 1.81 bits per heavy atom. The molecule has 26 heavy (non-hydrogen) atoms. The molecule has 1 saturated carbocycles. The number of hydrogen-bond acceptors (Lipinski definition) is 3. The molecule has 0 heterocycles. The molecule has 138 valence electrons. The van der Waals surface area contributed by atoms with E-state index in [-0.39, 0.29) is 12.5 Å². The summed E-state index contributed by atoms with van der Waals surface area (Å²) < 4.78 is 5.58. The minimum Gasteiger partial charge on any atom is -0.484 e. The molecule has 3 rings (SSSR count). The Bertz CT molecular complexity index is 797. The zero-order chi connectivity index (χ0) is 18.6. The molecule has 0 unspecified atom stereocenters. The highest BCUT2D eigenvalue weighted by molar-refractivity contribution is 5.88. The Balaban J connectivity index is 1.63. The van der Waals surface area contributed by atoms with E-state index in [1.165, 1.54) is 0 Å². The number of hydrogen-bond donors (Lipinski definition) is 2. The van der Waals surface area contributed by atoms with Crippen molar-refractivity contribution in [3.05, 3.63) is 42.5 Å². The van der Waals surface area contributed by atoms with Gasteiger partial charge in [-0.05, 0) is 48.6 Å². The van der Waals surface area contributed by atoms with Gasteiger partial charge in [0.1, 0.15) is 11.3 Å². The van der Waals surface area contributed by atoms with E-state index in [1.54, 1.807) is 6.92 Å². The van der Waals surface area contributed by atoms with Crippen molar-refractivity contribution in [2.75, 3.05) is 6.61 Å². The van der Waals surface area contributed by atoms with Crippen molar-refractivity contribution in [3.63, 3.8) is 0 Å². The second-order valence-corrected chi connectivity index (χ2v) is 7.19. The Morgan fingerprint density at radius 3 is 2.50 bits per heavy atom. The Morgan fingerprint density at radius 1 is 1.12 bits per heavy atom. The molecule has 0 aromatic heterocycles. The van der Waals surface area contributed by atoms with E-state index < -0.39 is 17.4 Å². The highest BCUT2D eigenvalue weighted by Gasteiger charge is 2.43. The lowest BCUT2D eigenvalue weighted by Crippen LogP contribution is -2.58. The number of rotatable bonds is 6. The number of aliphatic carboxylic acids is 1. The quantitative estimate of drug-likeness (QED) is 0.827. The highest BCUT2D eigenvalue weighted by Crippen LogP contribution is 2.33. The van der Waals surface area contributed by atoms with E-state index in [2.05, 4.69) is 5.32 Å². The summed E-state index contributed by atoms with van der Waals surface area (Å²) in [7, 11) is 0. The van der Waals surface area contributed by atoms with E-state index in [1.807, 2.05) is 42.5 Å². The second kappa shape index (κ2) is 7.77. The summed E-state index contributed by atoms with van der Waals surface area (Å²) in [5, 5.41) is 14.5. The standard InChI is InChI=1S/C21H25NO4/c1-21(20(24)25,17-9-3-2-4-10-17)22-19(23)14-26-18-12-11-15-7-5-6-8-16(15)13-18/h5-8,11-13,17H,2-4,9-10,14H2,1H3,(H,22,23)(H,24,25)/t21-/m0/s1. The number of carbonyl (C=O) groups is 2. The number of carboxylic acids is 1. The summed E-state index contributed by atoms with van der Waals surface area (Å²) in [6.07, 6.45) is 4.81. The van der Waals surface area contributed by atoms with Gasteiger partial charge in [0.25, 0.3) is 5.91 Å². The van der Waals surface area contributed by atoms with Gasteiger partial charge in [-0.1, -0.05) is 49.6 Å². The summed E-state index contributed by atoms with van der Waals surface area (Å²) in [5.41, 5.74) is -1.25. The topological polar surface area (TPSA) is 75.6 Å². The maximum Gasteiger partial charge on any atom is 0.329 e. The molecule has 5 nitrogen and oxygen atoms in total. The van der Waals surface area contributed by atoms with Crippen LogP contribution >= 0.6 is 0 Å². The first kappa shape index (κ1) is 18.2. The molecular formula is C21H25NO4. The first-order chi connectivity index (χ1) is 12.5. The number of carbonyl (C=O) groups excluding carboxylic acids is 1. The highest BCUT2D eigenvalue weighted by atomic mass is 16.5. The van der Waals surface area contributed by atoms with Gasteiger partial charge in [-0.15, -0.1) is 0 Å². The third-order valence-corrected chi connectivity index (χ3v) is 5.36. The molecule has 5 heteroatoms. The molecule has 0 aliphatic heterocycles. The smallest absolute Gasteiger partial charge is 0.329 e. The third-order valence-electron chi connectivity index (χ3n) is 5.36. The number of benzene rings is 2. The molecule has 0 bridgehead atoms. The van der Waals surface area contributed by atoms with E-state index in [4.69, 9.17) is 4.74 Å². The van der Waals surface area contributed by atoms with Crippen LogP contribution in [0, 0.1) is 5.92 Å². The summed E-state index contributed by atoms with van der Waals surface area (Å²) in [4.78, 5) is 24.2. The Kier molecular flexibility index (Phi) is 5.45. The van der Waals surface area contributed by atoms with Crippen LogP contribution in [0.3, 0.4) is 0 Å². The lowest BCUT2D eigenvalue weighted by molar-refractivity contribution is -0.150. The fraction of sp³-hybridized carbons (Fsp3) is 0.429. The second-order valence-electron chi connectivity index (χ2n) is 7.19. The number of nitrogens with one attached hydrogen (secondary N) is 1. The molecule has 1 atom stereocenters. The lowest BCUT2D eigenvalue weighted by Gasteiger charge is -2.37. The number of amides is 1. The maximum atomic E-state index is 12.3. The molecule has 1 aliphatic rings. The molecule has 1 fully saturated rings. The van der Waals surface area contributed by atoms with Gasteiger partial charge in [-0.2, -0.15) is 0 Å². The Hall–Kier alpha value is -2.56. The lowest BCUT2D eigenvalue weighted by atomic mass is 9.75. The van der Waals surface area contributed by atoms with Gasteiger partial charge in [0.2, 0.25) is 0 Å². The molecule has 2 N–H and O–H groups in total. The molecule has 2 aromatic carbocycles. The van der Waals surface area contributed by atoms with Gasteiger partial charge >= 0.3 is 5.97 Å². The fourth-order valence-corrected chi connectivity index (χ4v) is 3.74. The van der Waals surface area contributed by atoms with E-state index in [0.717, 1.165) is 42.9 Å². The average molecular weight is 355 g/mol. The van der Waals surface area contributed by atoms with Crippen molar-refractivity contribution >= 4 is 22.6 Å². The normalized spacial score (nSPS) is 17.4. The van der Waals surface area contributed by atoms with E-state index in [0.29, 0.717) is 5.75 Å². The minimum absolute atomic E-state index is 0.0432. The SMILES string of the molecule is C[C@@](NC(=O)COc1ccc2ccccc2c1)(C(=O)O)C1CCCCC1. The van der Waals surface area contributed by atoms with Crippen LogP contribution in [0.5, 0.6) is 5.75 Å². The minimum atomic E-state index is -1.25. The van der Waals surface area contributed by atoms with Crippen LogP contribution in [0.4, 0.5) is 0 Å². The maximum absolute atomic E-state index is 12.3. The van der Waals surface area contributed by atoms with Crippen molar-refractivity contribution in [1.29, 1.82) is 0 Å². The molecule has 1 aliphatic carbocycles. The first-order valence-electron chi connectivity index (χ1n) is 9.15. The van der Waals surface area contributed by atoms with Gasteiger partial charge in [0.15, 0.2) is 6.61 Å². The van der Waals surface area contributed by atoms with Gasteiger partial charge < -0.3 is 15.2 Å². The largest absolute Gasteiger partial charge is 0.484 e. The average Bonchev–Trinajstić information content (AvgIpc) is 2.66. The fourth-order valence-electron chi connectivity index (χ4n) is 3.74. The van der Waals surface area contributed by atoms with E-state index in [9.17, 15) is 14.7 Å². The molecule has 2 aromatic rings. The van der Waals surface area contributed by atoms with Gasteiger partial charge in [0.05, 0.1) is 0 Å². The number of ether oxygens (including phenoxy) is 1. The van der Waals surface area contributed by atoms with Crippen LogP contribution in [0.25, 0.3) is 10.8 Å². The Labute approximate surface area is 153 Å². The van der Waals surface area contributed by atoms with Crippen LogP contribution in [-0.2, 0) is 9.59 Å². The monoisotopic (exact) mass is 355 g/mol. The molecular weight excluding hydrogens is 330 g/mol. The zero-order valence-electron chi connectivity index (χ0n) is 15.0. The number of fused-ring (bicyclic) bond motifs is 1. The van der Waals surface area contributed by atoms with Crippen molar-refractivity contribution in [1.82, 2.24) is 5.32 Å². The predicted molar refractivity (Wildman–Crippen MR) is 100 cm³/mol. The van der Waals surface area contributed by atoms with Crippen LogP contribution in [-0.4, -0.2) is 29.1 Å². The van der Waals surface area contributed by atoms with Gasteiger partial charge in [0, 0.05) is 0 Å². The number of carboxylic acid groups (broad SMARTS) is 1. The summed E-state index contributed by atoms with van der Waals surface area (Å²) in [5.74, 6) is -0.844. The van der Waals surface area contributed by atoms with Crippen molar-refractivity contribution in [2.24, 2.45) is 5.92 Å². The molecule has 1 amide bonds. The van der Waals surface area contributed by atoms with Crippen molar-refractivity contribution < 1.29 is 19.4 Å². The first-order valence-corrected chi connectivity index (χ1v) is 9.15. The van der Waals surface area contributed by atoms with Crippen LogP contribution in [0.1, 0.15) is 39.0 Å². The van der Waals surface area contributed by atoms with Crippen molar-refractivity contribution in [2.45, 2.75) is 44.6 Å². The third kappa shape index (κ3) is 3.98. The van der Waals surface area contributed by atoms with Crippen LogP contribution in [0.2, 0.25) is 0 Å². The van der Waals surface area contributed by atoms with E-state index >= 15 is 0 Å². The molecule has 0 radical (unpaired) electrons. The van der Waals surface area contributed by atoms with Crippen LogP contribution in [0.15, 0.2) is 42.5 Å². The summed E-state index contributed by atoms with van der Waals surface area (Å²) in [6.45, 7) is 1.41. The van der Waals surface area contributed by atoms with Crippen LogP contribution < -0.4 is 10.1 Å².